The van der Waals surface area contributed by atoms with Gasteiger partial charge in [0, 0.05) is 10.9 Å². The number of aromatic nitrogens is 3. The molecule has 0 fully saturated rings. The van der Waals surface area contributed by atoms with Gasteiger partial charge in [0.15, 0.2) is 0 Å². The van der Waals surface area contributed by atoms with Gasteiger partial charge in [-0.3, -0.25) is 9.36 Å². The number of rotatable bonds is 2. The molecule has 0 aromatic carbocycles. The first kappa shape index (κ1) is 10.9. The zero-order valence-electron chi connectivity index (χ0n) is 10.1. The van der Waals surface area contributed by atoms with Gasteiger partial charge in [-0.05, 0) is 24.8 Å². The molecule has 0 aliphatic heterocycles. The Morgan fingerprint density at radius 3 is 3.21 bits per heavy atom. The highest BCUT2D eigenvalue weighted by Gasteiger charge is 2.21. The molecule has 0 unspecified atom stereocenters. The minimum absolute atomic E-state index is 0.0346. The summed E-state index contributed by atoms with van der Waals surface area (Å²) in [6, 6.07) is 1.76. The molecular weight excluding hydrogens is 262 g/mol. The molecule has 6 heteroatoms. The van der Waals surface area contributed by atoms with Gasteiger partial charge in [-0.25, -0.2) is 4.98 Å². The van der Waals surface area contributed by atoms with Crippen LogP contribution in [-0.4, -0.2) is 14.7 Å². The van der Waals surface area contributed by atoms with Crippen LogP contribution in [0.25, 0.3) is 10.2 Å². The summed E-state index contributed by atoms with van der Waals surface area (Å²) < 4.78 is 6.39. The van der Waals surface area contributed by atoms with Crippen LogP contribution in [0.2, 0.25) is 0 Å². The number of nitrogens with zero attached hydrogens (tertiary/aromatic N) is 3. The Bertz CT molecular complexity index is 801. The highest BCUT2D eigenvalue weighted by atomic mass is 32.1. The van der Waals surface area contributed by atoms with Gasteiger partial charge in [-0.2, -0.15) is 0 Å². The van der Waals surface area contributed by atoms with Crippen molar-refractivity contribution in [2.45, 2.75) is 25.8 Å². The molecule has 19 heavy (non-hydrogen) atoms. The van der Waals surface area contributed by atoms with Crippen LogP contribution in [0, 0.1) is 0 Å². The van der Waals surface area contributed by atoms with Gasteiger partial charge < -0.3 is 4.52 Å². The number of aryl methyl sites for hydroxylation is 2. The summed E-state index contributed by atoms with van der Waals surface area (Å²) in [6.07, 6.45) is 6.34. The Kier molecular flexibility index (Phi) is 2.32. The van der Waals surface area contributed by atoms with E-state index >= 15 is 0 Å². The molecule has 0 spiro atoms. The third-order valence-electron chi connectivity index (χ3n) is 3.52. The summed E-state index contributed by atoms with van der Waals surface area (Å²) in [5.41, 5.74) is 1.98. The Labute approximate surface area is 112 Å². The first-order chi connectivity index (χ1) is 9.33. The Morgan fingerprint density at radius 1 is 1.42 bits per heavy atom. The zero-order valence-corrected chi connectivity index (χ0v) is 10.9. The quantitative estimate of drug-likeness (QED) is 0.716. The fourth-order valence-electron chi connectivity index (χ4n) is 2.63. The van der Waals surface area contributed by atoms with Crippen molar-refractivity contribution in [3.8, 4) is 0 Å². The minimum Gasteiger partial charge on any atom is -0.364 e. The lowest BCUT2D eigenvalue weighted by Crippen LogP contribution is -2.21. The van der Waals surface area contributed by atoms with Crippen molar-refractivity contribution in [2.75, 3.05) is 0 Å². The Hall–Kier alpha value is -1.95. The molecule has 0 bridgehead atoms. The molecule has 0 saturated carbocycles. The van der Waals surface area contributed by atoms with Crippen LogP contribution in [0.4, 0.5) is 0 Å². The second kappa shape index (κ2) is 4.03. The average molecular weight is 273 g/mol. The van der Waals surface area contributed by atoms with Gasteiger partial charge >= 0.3 is 0 Å². The van der Waals surface area contributed by atoms with Crippen LogP contribution in [0.3, 0.4) is 0 Å². The van der Waals surface area contributed by atoms with Crippen LogP contribution in [-0.2, 0) is 19.4 Å². The summed E-state index contributed by atoms with van der Waals surface area (Å²) in [5, 5.41) is 4.64. The van der Waals surface area contributed by atoms with Gasteiger partial charge in [0.2, 0.25) is 0 Å². The first-order valence-corrected chi connectivity index (χ1v) is 7.03. The van der Waals surface area contributed by atoms with Crippen LogP contribution in [0.1, 0.15) is 22.6 Å². The number of hydrogen-bond donors (Lipinski definition) is 0. The predicted octanol–water partition coefficient (Wildman–Crippen LogP) is 1.98. The van der Waals surface area contributed by atoms with E-state index < -0.39 is 0 Å². The van der Waals surface area contributed by atoms with Crippen LogP contribution >= 0.6 is 11.3 Å². The standard InChI is InChI=1S/C13H11N3O2S/c17-13-11-9-2-1-3-10(9)19-12(11)14-7-16(13)6-8-4-5-18-15-8/h4-5,7H,1-3,6H2. The van der Waals surface area contributed by atoms with E-state index in [1.165, 1.54) is 16.7 Å². The topological polar surface area (TPSA) is 60.9 Å². The van der Waals surface area contributed by atoms with Crippen molar-refractivity contribution in [3.05, 3.63) is 45.1 Å². The summed E-state index contributed by atoms with van der Waals surface area (Å²) >= 11 is 1.66. The molecule has 3 heterocycles. The smallest absolute Gasteiger partial charge is 0.262 e. The fourth-order valence-corrected chi connectivity index (χ4v) is 3.85. The highest BCUT2D eigenvalue weighted by Crippen LogP contribution is 2.34. The molecule has 3 aromatic heterocycles. The molecule has 0 radical (unpaired) electrons. The monoisotopic (exact) mass is 273 g/mol. The summed E-state index contributed by atoms with van der Waals surface area (Å²) in [4.78, 5) is 19.2. The SMILES string of the molecule is O=c1c2c3c(sc2ncn1Cc1ccon1)CCC3. The lowest BCUT2D eigenvalue weighted by Gasteiger charge is -2.02. The zero-order chi connectivity index (χ0) is 12.8. The first-order valence-electron chi connectivity index (χ1n) is 6.22. The lowest BCUT2D eigenvalue weighted by atomic mass is 10.2. The maximum atomic E-state index is 12.5. The van der Waals surface area contributed by atoms with E-state index in [-0.39, 0.29) is 5.56 Å². The predicted molar refractivity (Wildman–Crippen MR) is 71.5 cm³/mol. The fraction of sp³-hybridized carbons (Fsp3) is 0.308. The third-order valence-corrected chi connectivity index (χ3v) is 4.72. The van der Waals surface area contributed by atoms with E-state index in [1.54, 1.807) is 28.3 Å². The van der Waals surface area contributed by atoms with E-state index in [0.29, 0.717) is 6.54 Å². The van der Waals surface area contributed by atoms with Crippen LogP contribution in [0.5, 0.6) is 0 Å². The highest BCUT2D eigenvalue weighted by molar-refractivity contribution is 7.18. The molecule has 1 aliphatic rings. The number of hydrogen-bond acceptors (Lipinski definition) is 5. The summed E-state index contributed by atoms with van der Waals surface area (Å²) in [5.74, 6) is 0. The van der Waals surface area contributed by atoms with Gasteiger partial charge in [-0.15, -0.1) is 11.3 Å². The van der Waals surface area contributed by atoms with Crippen molar-refractivity contribution in [3.63, 3.8) is 0 Å². The van der Waals surface area contributed by atoms with E-state index in [4.69, 9.17) is 4.52 Å². The maximum Gasteiger partial charge on any atom is 0.262 e. The molecule has 0 atom stereocenters. The van der Waals surface area contributed by atoms with E-state index in [0.717, 1.165) is 35.2 Å². The molecule has 3 aromatic rings. The van der Waals surface area contributed by atoms with Crippen molar-refractivity contribution >= 4 is 21.6 Å². The maximum absolute atomic E-state index is 12.5. The number of fused-ring (bicyclic) bond motifs is 3. The average Bonchev–Trinajstić information content (AvgIpc) is 3.08. The Balaban J connectivity index is 1.89. The second-order valence-corrected chi connectivity index (χ2v) is 5.79. The molecule has 1 aliphatic carbocycles. The molecule has 0 N–H and O–H groups in total. The molecule has 0 amide bonds. The largest absolute Gasteiger partial charge is 0.364 e. The summed E-state index contributed by atoms with van der Waals surface area (Å²) in [6.45, 7) is 0.406. The molecule has 96 valence electrons. The molecule has 4 rings (SSSR count). The van der Waals surface area contributed by atoms with E-state index in [1.807, 2.05) is 0 Å². The Morgan fingerprint density at radius 2 is 2.37 bits per heavy atom. The molecular formula is C13H11N3O2S. The van der Waals surface area contributed by atoms with Crippen LogP contribution < -0.4 is 5.56 Å². The van der Waals surface area contributed by atoms with Gasteiger partial charge in [0.25, 0.3) is 5.56 Å². The van der Waals surface area contributed by atoms with Crippen molar-refractivity contribution < 1.29 is 4.52 Å². The normalized spacial score (nSPS) is 14.1. The van der Waals surface area contributed by atoms with Crippen LogP contribution in [0.15, 0.2) is 28.0 Å². The number of thiophene rings is 1. The lowest BCUT2D eigenvalue weighted by molar-refractivity contribution is 0.409. The minimum atomic E-state index is 0.0346. The summed E-state index contributed by atoms with van der Waals surface area (Å²) in [7, 11) is 0. The van der Waals surface area contributed by atoms with Crippen molar-refractivity contribution in [2.24, 2.45) is 0 Å². The van der Waals surface area contributed by atoms with Gasteiger partial charge in [0.05, 0.1) is 18.3 Å². The van der Waals surface area contributed by atoms with Crippen molar-refractivity contribution in [1.82, 2.24) is 14.7 Å². The van der Waals surface area contributed by atoms with Gasteiger partial charge in [0.1, 0.15) is 16.8 Å². The molecule has 5 nitrogen and oxygen atoms in total. The molecule has 0 saturated heterocycles. The second-order valence-electron chi connectivity index (χ2n) is 4.71. The van der Waals surface area contributed by atoms with E-state index in [9.17, 15) is 4.79 Å². The third kappa shape index (κ3) is 1.63. The van der Waals surface area contributed by atoms with E-state index in [2.05, 4.69) is 10.1 Å². The van der Waals surface area contributed by atoms with Crippen molar-refractivity contribution in [1.29, 1.82) is 0 Å². The van der Waals surface area contributed by atoms with Gasteiger partial charge in [-0.1, -0.05) is 5.16 Å².